The van der Waals surface area contributed by atoms with Crippen LogP contribution in [0.4, 0.5) is 0 Å². The highest BCUT2D eigenvalue weighted by molar-refractivity contribution is 7.89. The Morgan fingerprint density at radius 2 is 2.15 bits per heavy atom. The number of hydrogen-bond donors (Lipinski definition) is 1. The third-order valence-corrected chi connectivity index (χ3v) is 7.75. The quantitative estimate of drug-likeness (QED) is 0.736. The molecule has 0 aromatic heterocycles. The molecule has 0 heterocycles. The number of rotatable bonds is 7. The van der Waals surface area contributed by atoms with Gasteiger partial charge in [-0.05, 0) is 42.4 Å². The van der Waals surface area contributed by atoms with Crippen LogP contribution >= 0.6 is 0 Å². The first-order valence-corrected chi connectivity index (χ1v) is 10.5. The minimum Gasteiger partial charge on any atom is -0.492 e. The van der Waals surface area contributed by atoms with Gasteiger partial charge >= 0.3 is 0 Å². The number of ether oxygens (including phenoxy) is 1. The Balaban J connectivity index is 1.56. The molecule has 2 aliphatic rings. The van der Waals surface area contributed by atoms with Gasteiger partial charge in [0, 0.05) is 18.4 Å². The Labute approximate surface area is 154 Å². The lowest BCUT2D eigenvalue weighted by atomic mass is 9.70. The van der Waals surface area contributed by atoms with Gasteiger partial charge in [-0.2, -0.15) is 5.26 Å². The number of nitrogens with one attached hydrogen (secondary N) is 1. The second-order valence-electron chi connectivity index (χ2n) is 7.81. The van der Waals surface area contributed by atoms with Crippen molar-refractivity contribution in [3.05, 3.63) is 29.8 Å². The maximum atomic E-state index is 12.6. The highest BCUT2D eigenvalue weighted by Crippen LogP contribution is 2.64. The molecular weight excluding hydrogens is 352 g/mol. The van der Waals surface area contributed by atoms with Gasteiger partial charge in [-0.1, -0.05) is 19.9 Å². The van der Waals surface area contributed by atoms with E-state index in [4.69, 9.17) is 10.00 Å². The van der Waals surface area contributed by atoms with Crippen molar-refractivity contribution in [1.29, 1.82) is 5.26 Å². The number of carbonyl (C=O) groups is 1. The van der Waals surface area contributed by atoms with Crippen LogP contribution < -0.4 is 9.46 Å². The molecule has 1 aromatic carbocycles. The van der Waals surface area contributed by atoms with Gasteiger partial charge in [-0.15, -0.1) is 0 Å². The smallest absolute Gasteiger partial charge is 0.212 e. The molecule has 1 unspecified atom stereocenters. The monoisotopic (exact) mass is 376 g/mol. The van der Waals surface area contributed by atoms with Crippen molar-refractivity contribution in [3.63, 3.8) is 0 Å². The van der Waals surface area contributed by atoms with Crippen LogP contribution in [0.5, 0.6) is 5.75 Å². The molecule has 2 aliphatic carbocycles. The number of ketones is 1. The first kappa shape index (κ1) is 18.9. The van der Waals surface area contributed by atoms with Gasteiger partial charge in [0.15, 0.2) is 0 Å². The number of sulfonamides is 1. The van der Waals surface area contributed by atoms with E-state index in [1.54, 1.807) is 24.3 Å². The van der Waals surface area contributed by atoms with Gasteiger partial charge in [0.1, 0.15) is 18.1 Å². The Hall–Kier alpha value is -1.91. The SMILES string of the molecule is CC1(C)C2CC[C@]1(CS(=O)(=O)NCCOc1cccc(C#N)c1)C(=O)C2. The Morgan fingerprint density at radius 3 is 2.77 bits per heavy atom. The summed E-state index contributed by atoms with van der Waals surface area (Å²) >= 11 is 0. The van der Waals surface area contributed by atoms with Crippen LogP contribution in [-0.2, 0) is 14.8 Å². The molecule has 1 N–H and O–H groups in total. The van der Waals surface area contributed by atoms with Crippen LogP contribution in [-0.4, -0.2) is 33.1 Å². The molecule has 0 radical (unpaired) electrons. The van der Waals surface area contributed by atoms with E-state index in [1.165, 1.54) is 0 Å². The van der Waals surface area contributed by atoms with Crippen LogP contribution in [0, 0.1) is 28.1 Å². The standard InChI is InChI=1S/C19H24N2O4S/c1-18(2)15-6-7-19(18,17(22)11-15)13-26(23,24)21-8-9-25-16-5-3-4-14(10-16)12-20/h3-5,10,15,21H,6-9,11,13H2,1-2H3/t15?,19-/m0/s1. The first-order valence-electron chi connectivity index (χ1n) is 8.84. The van der Waals surface area contributed by atoms with E-state index in [0.29, 0.717) is 30.1 Å². The van der Waals surface area contributed by atoms with E-state index in [1.807, 2.05) is 19.9 Å². The van der Waals surface area contributed by atoms with Crippen molar-refractivity contribution in [3.8, 4) is 11.8 Å². The normalized spacial score (nSPS) is 26.7. The Kier molecular flexibility index (Phi) is 4.84. The predicted octanol–water partition coefficient (Wildman–Crippen LogP) is 2.25. The number of nitriles is 1. The van der Waals surface area contributed by atoms with Gasteiger partial charge in [0.25, 0.3) is 0 Å². The van der Waals surface area contributed by atoms with Crippen LogP contribution in [0.15, 0.2) is 24.3 Å². The van der Waals surface area contributed by atoms with Crippen molar-refractivity contribution in [2.75, 3.05) is 18.9 Å². The average Bonchev–Trinajstić information content (AvgIpc) is 2.93. The summed E-state index contributed by atoms with van der Waals surface area (Å²) in [4.78, 5) is 12.5. The minimum absolute atomic E-state index is 0.0914. The fraction of sp³-hybridized carbons (Fsp3) is 0.579. The van der Waals surface area contributed by atoms with E-state index in [0.717, 1.165) is 6.42 Å². The number of carbonyl (C=O) groups excluding carboxylic acids is 1. The molecule has 3 rings (SSSR count). The number of hydrogen-bond acceptors (Lipinski definition) is 5. The van der Waals surface area contributed by atoms with Gasteiger partial charge < -0.3 is 4.74 Å². The maximum Gasteiger partial charge on any atom is 0.212 e. The van der Waals surface area contributed by atoms with Crippen molar-refractivity contribution in [2.45, 2.75) is 33.1 Å². The zero-order valence-corrected chi connectivity index (χ0v) is 15.9. The molecule has 7 heteroatoms. The van der Waals surface area contributed by atoms with Gasteiger partial charge in [-0.25, -0.2) is 13.1 Å². The molecular formula is C19H24N2O4S. The molecule has 2 bridgehead atoms. The summed E-state index contributed by atoms with van der Waals surface area (Å²) in [5, 5.41) is 8.87. The maximum absolute atomic E-state index is 12.6. The number of fused-ring (bicyclic) bond motifs is 2. The van der Waals surface area contributed by atoms with Crippen LogP contribution in [0.1, 0.15) is 38.7 Å². The summed E-state index contributed by atoms with van der Waals surface area (Å²) in [5.74, 6) is 0.758. The molecule has 26 heavy (non-hydrogen) atoms. The number of Topliss-reactive ketones (excluding diaryl/α,β-unsaturated/α-hetero) is 1. The van der Waals surface area contributed by atoms with Gasteiger partial charge in [0.2, 0.25) is 10.0 Å². The first-order chi connectivity index (χ1) is 12.2. The molecule has 0 amide bonds. The van der Waals surface area contributed by atoms with Crippen molar-refractivity contribution in [2.24, 2.45) is 16.7 Å². The molecule has 140 valence electrons. The minimum atomic E-state index is -3.58. The summed E-state index contributed by atoms with van der Waals surface area (Å²) in [6.07, 6.45) is 2.08. The van der Waals surface area contributed by atoms with Crippen molar-refractivity contribution in [1.82, 2.24) is 4.72 Å². The fourth-order valence-corrected chi connectivity index (χ4v) is 6.33. The van der Waals surface area contributed by atoms with Gasteiger partial charge in [-0.3, -0.25) is 4.79 Å². The third kappa shape index (κ3) is 3.24. The topological polar surface area (TPSA) is 96.3 Å². The summed E-state index contributed by atoms with van der Waals surface area (Å²) in [7, 11) is -3.58. The fourth-order valence-electron chi connectivity index (χ4n) is 4.51. The van der Waals surface area contributed by atoms with Crippen molar-refractivity contribution < 1.29 is 17.9 Å². The summed E-state index contributed by atoms with van der Waals surface area (Å²) in [6, 6.07) is 8.72. The summed E-state index contributed by atoms with van der Waals surface area (Å²) in [6.45, 7) is 4.32. The average molecular weight is 376 g/mol. The summed E-state index contributed by atoms with van der Waals surface area (Å²) in [5.41, 5.74) is -0.543. The molecule has 0 spiro atoms. The third-order valence-electron chi connectivity index (χ3n) is 6.23. The van der Waals surface area contributed by atoms with Crippen molar-refractivity contribution >= 4 is 15.8 Å². The predicted molar refractivity (Wildman–Crippen MR) is 97.0 cm³/mol. The van der Waals surface area contributed by atoms with Gasteiger partial charge in [0.05, 0.1) is 17.4 Å². The summed E-state index contributed by atoms with van der Waals surface area (Å²) < 4.78 is 33.1. The van der Waals surface area contributed by atoms with E-state index in [-0.39, 0.29) is 30.1 Å². The largest absolute Gasteiger partial charge is 0.492 e. The zero-order valence-electron chi connectivity index (χ0n) is 15.1. The second-order valence-corrected chi connectivity index (χ2v) is 9.62. The molecule has 0 aliphatic heterocycles. The second kappa shape index (κ2) is 6.67. The Bertz CT molecular complexity index is 857. The lowest BCUT2D eigenvalue weighted by molar-refractivity contribution is -0.128. The molecule has 1 aromatic rings. The molecule has 2 atom stereocenters. The molecule has 2 fully saturated rings. The zero-order chi connectivity index (χ0) is 19.0. The highest BCUT2D eigenvalue weighted by Gasteiger charge is 2.65. The Morgan fingerprint density at radius 1 is 1.38 bits per heavy atom. The molecule has 6 nitrogen and oxygen atoms in total. The lowest BCUT2D eigenvalue weighted by Gasteiger charge is -2.36. The molecule has 2 saturated carbocycles. The number of nitrogens with zero attached hydrogens (tertiary/aromatic N) is 1. The van der Waals surface area contributed by atoms with E-state index in [2.05, 4.69) is 4.72 Å². The van der Waals surface area contributed by atoms with E-state index >= 15 is 0 Å². The van der Waals surface area contributed by atoms with Crippen LogP contribution in [0.25, 0.3) is 0 Å². The van der Waals surface area contributed by atoms with E-state index in [9.17, 15) is 13.2 Å². The lowest BCUT2D eigenvalue weighted by Crippen LogP contribution is -2.45. The van der Waals surface area contributed by atoms with Crippen LogP contribution in [0.2, 0.25) is 0 Å². The number of benzene rings is 1. The molecule has 0 saturated heterocycles. The highest BCUT2D eigenvalue weighted by atomic mass is 32.2. The van der Waals surface area contributed by atoms with E-state index < -0.39 is 15.4 Å². The van der Waals surface area contributed by atoms with Crippen LogP contribution in [0.3, 0.4) is 0 Å².